The third kappa shape index (κ3) is 7.07. The standard InChI is InChI=1S/C73H57NO/c1-71(2,3)52-29-36-59-60-37-30-53(72(4,5)6)44-67(60)73(66(59)43-52)65-39-27-51(58-21-14-18-49-17-10-11-19-57(49)58)42-63(65)61-38-35-56(45-68(61)73)74(54-31-23-47(24-32-54)46-15-8-7-9-16-46)55-33-25-48(26-34-55)50-28-40-70-64(41-50)62-20-12-13-22-69(62)75-70/h7-45H,1-6H3. The van der Waals surface area contributed by atoms with Crippen LogP contribution in [0.4, 0.5) is 17.1 Å². The Kier molecular flexibility index (Phi) is 9.98. The van der Waals surface area contributed by atoms with Gasteiger partial charge in [0.25, 0.3) is 0 Å². The molecule has 2 aliphatic carbocycles. The fourth-order valence-electron chi connectivity index (χ4n) is 12.5. The molecule has 2 nitrogen and oxygen atoms in total. The fourth-order valence-corrected chi connectivity index (χ4v) is 12.5. The first kappa shape index (κ1) is 44.9. The number of nitrogens with zero attached hydrogens (tertiary/aromatic N) is 1. The Morgan fingerprint density at radius 1 is 0.307 bits per heavy atom. The predicted molar refractivity (Wildman–Crippen MR) is 316 cm³/mol. The second kappa shape index (κ2) is 16.6. The molecular weight excluding hydrogens is 907 g/mol. The summed E-state index contributed by atoms with van der Waals surface area (Å²) in [6.45, 7) is 14.1. The summed E-state index contributed by atoms with van der Waals surface area (Å²) in [7, 11) is 0. The Hall–Kier alpha value is -8.72. The van der Waals surface area contributed by atoms with E-state index in [9.17, 15) is 0 Å². The van der Waals surface area contributed by atoms with Gasteiger partial charge in [-0.15, -0.1) is 0 Å². The van der Waals surface area contributed by atoms with E-state index in [4.69, 9.17) is 4.42 Å². The van der Waals surface area contributed by atoms with Crippen LogP contribution in [0.2, 0.25) is 0 Å². The van der Waals surface area contributed by atoms with Gasteiger partial charge < -0.3 is 9.32 Å². The summed E-state index contributed by atoms with van der Waals surface area (Å²) in [5, 5.41) is 4.77. The van der Waals surface area contributed by atoms with Crippen molar-refractivity contribution in [2.24, 2.45) is 0 Å². The van der Waals surface area contributed by atoms with Crippen molar-refractivity contribution >= 4 is 49.8 Å². The summed E-state index contributed by atoms with van der Waals surface area (Å²) in [5.74, 6) is 0. The lowest BCUT2D eigenvalue weighted by Crippen LogP contribution is -2.27. The van der Waals surface area contributed by atoms with E-state index in [2.05, 4.69) is 271 Å². The molecule has 360 valence electrons. The summed E-state index contributed by atoms with van der Waals surface area (Å²) in [5.41, 5.74) is 24.8. The van der Waals surface area contributed by atoms with Crippen LogP contribution in [-0.4, -0.2) is 0 Å². The van der Waals surface area contributed by atoms with E-state index < -0.39 is 5.41 Å². The Bertz CT molecular complexity index is 4170. The molecule has 2 aliphatic rings. The molecule has 0 atom stereocenters. The number of benzene rings is 11. The summed E-state index contributed by atoms with van der Waals surface area (Å²) in [6, 6.07) is 88.6. The van der Waals surface area contributed by atoms with Gasteiger partial charge in [-0.1, -0.05) is 217 Å². The number of rotatable bonds is 6. The lowest BCUT2D eigenvalue weighted by atomic mass is 9.68. The number of anilines is 3. The maximum absolute atomic E-state index is 6.23. The van der Waals surface area contributed by atoms with Crippen molar-refractivity contribution in [1.29, 1.82) is 0 Å². The maximum atomic E-state index is 6.23. The number of hydrogen-bond acceptors (Lipinski definition) is 2. The Morgan fingerprint density at radius 3 is 1.49 bits per heavy atom. The smallest absolute Gasteiger partial charge is 0.135 e. The van der Waals surface area contributed by atoms with Crippen molar-refractivity contribution in [2.45, 2.75) is 57.8 Å². The Labute approximate surface area is 440 Å². The molecule has 75 heavy (non-hydrogen) atoms. The molecule has 14 rings (SSSR count). The van der Waals surface area contributed by atoms with Crippen LogP contribution < -0.4 is 4.90 Å². The van der Waals surface area contributed by atoms with E-state index in [0.717, 1.165) is 50.1 Å². The highest BCUT2D eigenvalue weighted by Crippen LogP contribution is 2.64. The van der Waals surface area contributed by atoms with Gasteiger partial charge in [0.1, 0.15) is 11.2 Å². The number of fused-ring (bicyclic) bond motifs is 14. The van der Waals surface area contributed by atoms with Crippen LogP contribution in [-0.2, 0) is 16.2 Å². The minimum atomic E-state index is -0.590. The van der Waals surface area contributed by atoms with Crippen molar-refractivity contribution in [1.82, 2.24) is 0 Å². The van der Waals surface area contributed by atoms with Gasteiger partial charge in [0.15, 0.2) is 0 Å². The molecule has 2 heteroatoms. The van der Waals surface area contributed by atoms with Crippen molar-refractivity contribution in [3.63, 3.8) is 0 Å². The van der Waals surface area contributed by atoms with E-state index in [1.165, 1.54) is 88.7 Å². The van der Waals surface area contributed by atoms with Gasteiger partial charge in [0.05, 0.1) is 5.41 Å². The van der Waals surface area contributed by atoms with Crippen LogP contribution in [0.15, 0.2) is 241 Å². The van der Waals surface area contributed by atoms with E-state index in [1.54, 1.807) is 0 Å². The topological polar surface area (TPSA) is 16.4 Å². The number of furan rings is 1. The molecule has 1 heterocycles. The first-order valence-corrected chi connectivity index (χ1v) is 26.5. The average molecular weight is 964 g/mol. The van der Waals surface area contributed by atoms with E-state index in [1.807, 2.05) is 12.1 Å². The molecule has 1 aromatic heterocycles. The quantitative estimate of drug-likeness (QED) is 0.165. The largest absolute Gasteiger partial charge is 0.456 e. The molecular formula is C73H57NO. The Morgan fingerprint density at radius 2 is 0.813 bits per heavy atom. The first-order valence-electron chi connectivity index (χ1n) is 26.5. The normalized spacial score (nSPS) is 13.3. The molecule has 0 radical (unpaired) electrons. The minimum Gasteiger partial charge on any atom is -0.456 e. The zero-order chi connectivity index (χ0) is 50.8. The molecule has 0 fully saturated rings. The highest BCUT2D eigenvalue weighted by Gasteiger charge is 2.52. The van der Waals surface area contributed by atoms with Crippen LogP contribution in [0.25, 0.3) is 88.3 Å². The highest BCUT2D eigenvalue weighted by molar-refractivity contribution is 6.06. The Balaban J connectivity index is 1.00. The molecule has 0 amide bonds. The molecule has 0 bridgehead atoms. The molecule has 0 saturated heterocycles. The predicted octanol–water partition coefficient (Wildman–Crippen LogP) is 20.1. The van der Waals surface area contributed by atoms with Crippen LogP contribution in [0.1, 0.15) is 74.9 Å². The second-order valence-electron chi connectivity index (χ2n) is 22.9. The second-order valence-corrected chi connectivity index (χ2v) is 22.9. The average Bonchev–Trinajstić information content (AvgIpc) is 4.22. The van der Waals surface area contributed by atoms with Gasteiger partial charge in [-0.25, -0.2) is 0 Å². The zero-order valence-electron chi connectivity index (χ0n) is 43.4. The van der Waals surface area contributed by atoms with Gasteiger partial charge >= 0.3 is 0 Å². The van der Waals surface area contributed by atoms with Crippen molar-refractivity contribution in [3.8, 4) is 55.6 Å². The van der Waals surface area contributed by atoms with Gasteiger partial charge in [-0.3, -0.25) is 0 Å². The van der Waals surface area contributed by atoms with Gasteiger partial charge in [0, 0.05) is 27.8 Å². The van der Waals surface area contributed by atoms with Crippen molar-refractivity contribution in [2.75, 3.05) is 4.90 Å². The van der Waals surface area contributed by atoms with E-state index in [0.29, 0.717) is 0 Å². The van der Waals surface area contributed by atoms with Crippen molar-refractivity contribution in [3.05, 3.63) is 270 Å². The lowest BCUT2D eigenvalue weighted by Gasteiger charge is -2.34. The summed E-state index contributed by atoms with van der Waals surface area (Å²) in [6.07, 6.45) is 0. The van der Waals surface area contributed by atoms with Gasteiger partial charge in [-0.05, 0) is 171 Å². The monoisotopic (exact) mass is 963 g/mol. The van der Waals surface area contributed by atoms with Gasteiger partial charge in [-0.2, -0.15) is 0 Å². The van der Waals surface area contributed by atoms with Crippen molar-refractivity contribution < 1.29 is 4.42 Å². The maximum Gasteiger partial charge on any atom is 0.135 e. The lowest BCUT2D eigenvalue weighted by molar-refractivity contribution is 0.586. The number of para-hydroxylation sites is 1. The van der Waals surface area contributed by atoms with Crippen LogP contribution in [0.5, 0.6) is 0 Å². The molecule has 1 spiro atoms. The summed E-state index contributed by atoms with van der Waals surface area (Å²) >= 11 is 0. The van der Waals surface area contributed by atoms with E-state index >= 15 is 0 Å². The highest BCUT2D eigenvalue weighted by atomic mass is 16.3. The SMILES string of the molecule is CC(C)(C)c1ccc2c(c1)C1(c3ccc(-c4cccc5ccccc45)cc3-c3ccc(N(c4ccc(-c5ccccc5)cc4)c4ccc(-c5ccc6oc7ccccc7c6c5)cc4)cc31)c1cc(C(C)(C)C)ccc1-2. The molecule has 12 aromatic rings. The fraction of sp³-hybridized carbons (Fsp3) is 0.123. The first-order chi connectivity index (χ1) is 36.4. The third-order valence-corrected chi connectivity index (χ3v) is 16.4. The molecule has 0 aliphatic heterocycles. The summed E-state index contributed by atoms with van der Waals surface area (Å²) < 4.78 is 6.23. The molecule has 0 unspecified atom stereocenters. The van der Waals surface area contributed by atoms with Crippen LogP contribution in [0, 0.1) is 0 Å². The summed E-state index contributed by atoms with van der Waals surface area (Å²) in [4.78, 5) is 2.46. The van der Waals surface area contributed by atoms with E-state index in [-0.39, 0.29) is 10.8 Å². The minimum absolute atomic E-state index is 0.0567. The van der Waals surface area contributed by atoms with Gasteiger partial charge in [0.2, 0.25) is 0 Å². The zero-order valence-corrected chi connectivity index (χ0v) is 43.4. The molecule has 0 saturated carbocycles. The van der Waals surface area contributed by atoms with Crippen LogP contribution in [0.3, 0.4) is 0 Å². The molecule has 0 N–H and O–H groups in total. The molecule has 11 aromatic carbocycles. The third-order valence-electron chi connectivity index (χ3n) is 16.4. The number of hydrogen-bond donors (Lipinski definition) is 0. The van der Waals surface area contributed by atoms with Crippen LogP contribution >= 0.6 is 0 Å².